The summed E-state index contributed by atoms with van der Waals surface area (Å²) in [6, 6.07) is 6.71. The summed E-state index contributed by atoms with van der Waals surface area (Å²) in [5, 5.41) is 0. The van der Waals surface area contributed by atoms with Crippen molar-refractivity contribution in [1.29, 1.82) is 0 Å². The van der Waals surface area contributed by atoms with Gasteiger partial charge in [-0.25, -0.2) is 4.79 Å². The lowest BCUT2D eigenvalue weighted by molar-refractivity contribution is -0.150. The van der Waals surface area contributed by atoms with Crippen LogP contribution in [0.15, 0.2) is 24.3 Å². The van der Waals surface area contributed by atoms with Gasteiger partial charge in [-0.05, 0) is 18.9 Å². The molecule has 1 aliphatic heterocycles. The third kappa shape index (κ3) is 1.73. The Bertz CT molecular complexity index is 553. The van der Waals surface area contributed by atoms with Crippen molar-refractivity contribution in [2.45, 2.75) is 25.7 Å². The van der Waals surface area contributed by atoms with Gasteiger partial charge in [-0.15, -0.1) is 0 Å². The third-order valence-electron chi connectivity index (χ3n) is 3.99. The lowest BCUT2D eigenvalue weighted by Gasteiger charge is -2.41. The third-order valence-corrected chi connectivity index (χ3v) is 3.99. The Kier molecular flexibility index (Phi) is 3.38. The molecule has 0 saturated carbocycles. The second-order valence-corrected chi connectivity index (χ2v) is 5.14. The zero-order chi connectivity index (χ0) is 15.1. The average molecular weight is 274 g/mol. The number of hydrogen-bond donors (Lipinski definition) is 0. The van der Waals surface area contributed by atoms with Crippen LogP contribution in [0.3, 0.4) is 0 Å². The fourth-order valence-corrected chi connectivity index (χ4v) is 2.65. The summed E-state index contributed by atoms with van der Waals surface area (Å²) in [7, 11) is 2.82. The summed E-state index contributed by atoms with van der Waals surface area (Å²) in [5.41, 5.74) is 0.380. The highest BCUT2D eigenvalue weighted by Crippen LogP contribution is 2.35. The van der Waals surface area contributed by atoms with Gasteiger partial charge in [0.15, 0.2) is 5.41 Å². The summed E-state index contributed by atoms with van der Waals surface area (Å²) in [6.45, 7) is 3.72. The van der Waals surface area contributed by atoms with Crippen molar-refractivity contribution in [1.82, 2.24) is 9.80 Å². The van der Waals surface area contributed by atoms with Gasteiger partial charge in [0.2, 0.25) is 0 Å². The number of likely N-dealkylation sites (N-methyl/N-ethyl adjacent to an activating group) is 2. The summed E-state index contributed by atoms with van der Waals surface area (Å²) < 4.78 is 0. The molecule has 0 unspecified atom stereocenters. The number of nitrogens with zero attached hydrogens (tertiary/aromatic N) is 2. The van der Waals surface area contributed by atoms with Crippen molar-refractivity contribution in [2.24, 2.45) is 0 Å². The number of urea groups is 1. The molecule has 0 atom stereocenters. The van der Waals surface area contributed by atoms with Gasteiger partial charge in [0, 0.05) is 14.1 Å². The molecular formula is C15H18N2O3. The zero-order valence-electron chi connectivity index (χ0n) is 12.1. The van der Waals surface area contributed by atoms with E-state index in [1.54, 1.807) is 19.1 Å². The van der Waals surface area contributed by atoms with Gasteiger partial charge in [-0.3, -0.25) is 19.4 Å². The van der Waals surface area contributed by atoms with Crippen molar-refractivity contribution >= 4 is 17.8 Å². The maximum absolute atomic E-state index is 12.6. The molecule has 20 heavy (non-hydrogen) atoms. The minimum absolute atomic E-state index is 0.315. The van der Waals surface area contributed by atoms with Gasteiger partial charge in [0.25, 0.3) is 11.8 Å². The molecule has 4 amide bonds. The molecule has 5 nitrogen and oxygen atoms in total. The second kappa shape index (κ2) is 4.74. The van der Waals surface area contributed by atoms with Crippen molar-refractivity contribution in [2.75, 3.05) is 14.1 Å². The van der Waals surface area contributed by atoms with Gasteiger partial charge in [0.1, 0.15) is 0 Å². The standard InChI is InChI=1S/C15H18N2O3/c1-5-15(11-8-6-10(2)7-9-11)12(18)16(3)14(20)17(4)13(15)19/h6-9H,5H2,1-4H3. The predicted molar refractivity (Wildman–Crippen MR) is 74.1 cm³/mol. The number of hydrogen-bond acceptors (Lipinski definition) is 3. The van der Waals surface area contributed by atoms with Crippen LogP contribution in [0.4, 0.5) is 4.79 Å². The van der Waals surface area contributed by atoms with E-state index < -0.39 is 23.3 Å². The van der Waals surface area contributed by atoms with Gasteiger partial charge in [-0.1, -0.05) is 36.8 Å². The Hall–Kier alpha value is -2.17. The smallest absolute Gasteiger partial charge is 0.273 e. The second-order valence-electron chi connectivity index (χ2n) is 5.14. The fraction of sp³-hybridized carbons (Fsp3) is 0.400. The monoisotopic (exact) mass is 274 g/mol. The molecular weight excluding hydrogens is 256 g/mol. The maximum atomic E-state index is 12.6. The van der Waals surface area contributed by atoms with Gasteiger partial charge in [-0.2, -0.15) is 0 Å². The van der Waals surface area contributed by atoms with Crippen LogP contribution in [-0.4, -0.2) is 41.7 Å². The molecule has 0 N–H and O–H groups in total. The summed E-state index contributed by atoms with van der Waals surface area (Å²) >= 11 is 0. The quantitative estimate of drug-likeness (QED) is 0.771. The van der Waals surface area contributed by atoms with Crippen LogP contribution in [0.25, 0.3) is 0 Å². The molecule has 0 spiro atoms. The number of benzene rings is 1. The van der Waals surface area contributed by atoms with E-state index >= 15 is 0 Å². The van der Waals surface area contributed by atoms with Crippen molar-refractivity contribution in [3.63, 3.8) is 0 Å². The van der Waals surface area contributed by atoms with Crippen molar-refractivity contribution in [3.05, 3.63) is 35.4 Å². The number of rotatable bonds is 2. The van der Waals surface area contributed by atoms with E-state index in [-0.39, 0.29) is 0 Å². The highest BCUT2D eigenvalue weighted by atomic mass is 16.2. The van der Waals surface area contributed by atoms with E-state index in [0.717, 1.165) is 15.4 Å². The number of barbiturate groups is 1. The molecule has 5 heteroatoms. The molecule has 1 aromatic carbocycles. The van der Waals surface area contributed by atoms with Crippen LogP contribution in [0.2, 0.25) is 0 Å². The highest BCUT2D eigenvalue weighted by molar-refractivity contribution is 6.22. The average Bonchev–Trinajstić information content (AvgIpc) is 2.46. The van der Waals surface area contributed by atoms with Crippen LogP contribution >= 0.6 is 0 Å². The molecule has 0 aromatic heterocycles. The van der Waals surface area contributed by atoms with Crippen LogP contribution < -0.4 is 0 Å². The fourth-order valence-electron chi connectivity index (χ4n) is 2.65. The lowest BCUT2D eigenvalue weighted by atomic mass is 9.74. The normalized spacial score (nSPS) is 18.7. The molecule has 1 aliphatic rings. The molecule has 0 aliphatic carbocycles. The number of amides is 4. The van der Waals surface area contributed by atoms with E-state index in [9.17, 15) is 14.4 Å². The first kappa shape index (κ1) is 14.2. The van der Waals surface area contributed by atoms with Crippen molar-refractivity contribution < 1.29 is 14.4 Å². The predicted octanol–water partition coefficient (Wildman–Crippen LogP) is 1.69. The Morgan fingerprint density at radius 3 is 1.80 bits per heavy atom. The number of carbonyl (C=O) groups is 3. The van der Waals surface area contributed by atoms with Gasteiger partial charge >= 0.3 is 6.03 Å². The zero-order valence-corrected chi connectivity index (χ0v) is 12.1. The summed E-state index contributed by atoms with van der Waals surface area (Å²) in [5.74, 6) is -0.922. The highest BCUT2D eigenvalue weighted by Gasteiger charge is 2.55. The largest absolute Gasteiger partial charge is 0.332 e. The number of carbonyl (C=O) groups excluding carboxylic acids is 3. The molecule has 106 valence electrons. The van der Waals surface area contributed by atoms with E-state index in [2.05, 4.69) is 0 Å². The molecule has 1 saturated heterocycles. The summed E-state index contributed by atoms with van der Waals surface area (Å²) in [6.07, 6.45) is 0.315. The first-order valence-corrected chi connectivity index (χ1v) is 6.53. The van der Waals surface area contributed by atoms with Gasteiger partial charge in [0.05, 0.1) is 0 Å². The van der Waals surface area contributed by atoms with E-state index in [1.165, 1.54) is 14.1 Å². The SMILES string of the molecule is CCC1(c2ccc(C)cc2)C(=O)N(C)C(=O)N(C)C1=O. The Morgan fingerprint density at radius 2 is 1.40 bits per heavy atom. The first-order valence-electron chi connectivity index (χ1n) is 6.53. The Balaban J connectivity index is 2.63. The molecule has 0 bridgehead atoms. The Morgan fingerprint density at radius 1 is 0.950 bits per heavy atom. The van der Waals surface area contributed by atoms with Crippen LogP contribution in [0, 0.1) is 6.92 Å². The van der Waals surface area contributed by atoms with Crippen molar-refractivity contribution in [3.8, 4) is 0 Å². The van der Waals surface area contributed by atoms with Crippen LogP contribution in [-0.2, 0) is 15.0 Å². The number of imide groups is 2. The Labute approximate surface area is 118 Å². The molecule has 1 fully saturated rings. The molecule has 0 radical (unpaired) electrons. The van der Waals surface area contributed by atoms with E-state index in [1.807, 2.05) is 19.1 Å². The maximum Gasteiger partial charge on any atom is 0.332 e. The van der Waals surface area contributed by atoms with Crippen LogP contribution in [0.5, 0.6) is 0 Å². The number of aryl methyl sites for hydroxylation is 1. The molecule has 1 aromatic rings. The minimum Gasteiger partial charge on any atom is -0.273 e. The van der Waals surface area contributed by atoms with E-state index in [4.69, 9.17) is 0 Å². The lowest BCUT2D eigenvalue weighted by Crippen LogP contribution is -2.64. The van der Waals surface area contributed by atoms with Crippen LogP contribution in [0.1, 0.15) is 24.5 Å². The molecule has 1 heterocycles. The topological polar surface area (TPSA) is 57.7 Å². The summed E-state index contributed by atoms with van der Waals surface area (Å²) in [4.78, 5) is 39.1. The minimum atomic E-state index is -1.30. The van der Waals surface area contributed by atoms with E-state index in [0.29, 0.717) is 12.0 Å². The first-order chi connectivity index (χ1) is 9.36. The molecule has 2 rings (SSSR count). The van der Waals surface area contributed by atoms with Gasteiger partial charge < -0.3 is 0 Å².